The molecule has 4 nitrogen and oxygen atoms in total. The van der Waals surface area contributed by atoms with Crippen LogP contribution < -0.4 is 0 Å². The van der Waals surface area contributed by atoms with Gasteiger partial charge in [-0.3, -0.25) is 4.57 Å². The second-order valence-corrected chi connectivity index (χ2v) is 5.68. The third kappa shape index (κ3) is 5.39. The number of hydrogen-bond donors (Lipinski definition) is 0. The van der Waals surface area contributed by atoms with E-state index < -0.39 is 7.60 Å². The van der Waals surface area contributed by atoms with Crippen LogP contribution in [0.3, 0.4) is 0 Å². The molecule has 0 saturated carbocycles. The third-order valence-electron chi connectivity index (χ3n) is 1.42. The number of rotatable bonds is 8. The van der Waals surface area contributed by atoms with Gasteiger partial charge >= 0.3 is 7.60 Å². The maximum absolute atomic E-state index is 12.1. The standard InChI is InChI=1S/C9H16NO3PS/c1-4-12-14(11,13-5-2)9(3)8-15-7-6-10/h3-5,7-8H2,1-2H3. The molecule has 0 heterocycles. The van der Waals surface area contributed by atoms with Crippen molar-refractivity contribution in [3.8, 4) is 6.07 Å². The molecule has 0 radical (unpaired) electrons. The summed E-state index contributed by atoms with van der Waals surface area (Å²) >= 11 is 1.35. The molecule has 15 heavy (non-hydrogen) atoms. The zero-order valence-corrected chi connectivity index (χ0v) is 10.8. The lowest BCUT2D eigenvalue weighted by atomic mass is 10.7. The predicted molar refractivity (Wildman–Crippen MR) is 62.9 cm³/mol. The third-order valence-corrected chi connectivity index (χ3v) is 4.65. The summed E-state index contributed by atoms with van der Waals surface area (Å²) in [5, 5.41) is 8.78. The van der Waals surface area contributed by atoms with E-state index in [1.807, 2.05) is 6.07 Å². The fraction of sp³-hybridized carbons (Fsp3) is 0.667. The number of nitriles is 1. The summed E-state index contributed by atoms with van der Waals surface area (Å²) in [6.45, 7) is 7.83. The molecule has 0 aromatic heterocycles. The average Bonchev–Trinajstić information content (AvgIpc) is 2.18. The van der Waals surface area contributed by atoms with Crippen LogP contribution in [0.2, 0.25) is 0 Å². The largest absolute Gasteiger partial charge is 0.357 e. The van der Waals surface area contributed by atoms with E-state index in [-0.39, 0.29) is 0 Å². The van der Waals surface area contributed by atoms with Crippen molar-refractivity contribution in [3.63, 3.8) is 0 Å². The monoisotopic (exact) mass is 249 g/mol. The Hall–Kier alpha value is -0.270. The second-order valence-electron chi connectivity index (χ2n) is 2.55. The van der Waals surface area contributed by atoms with Crippen molar-refractivity contribution < 1.29 is 13.6 Å². The predicted octanol–water partition coefficient (Wildman–Crippen LogP) is 3.02. The minimum absolute atomic E-state index is 0.319. The van der Waals surface area contributed by atoms with Crippen LogP contribution in [-0.2, 0) is 13.6 Å². The SMILES string of the molecule is C=C(CSCC#N)P(=O)(OCC)OCC. The zero-order valence-electron chi connectivity index (χ0n) is 9.06. The van der Waals surface area contributed by atoms with Crippen LogP contribution in [0.25, 0.3) is 0 Å². The molecular weight excluding hydrogens is 233 g/mol. The van der Waals surface area contributed by atoms with E-state index in [4.69, 9.17) is 14.3 Å². The molecule has 0 N–H and O–H groups in total. The Labute approximate surface area is 95.2 Å². The fourth-order valence-electron chi connectivity index (χ4n) is 0.853. The molecule has 0 aliphatic rings. The van der Waals surface area contributed by atoms with Crippen LogP contribution in [0, 0.1) is 11.3 Å². The topological polar surface area (TPSA) is 59.3 Å². The molecule has 0 aliphatic carbocycles. The van der Waals surface area contributed by atoms with E-state index in [1.54, 1.807) is 13.8 Å². The van der Waals surface area contributed by atoms with Crippen molar-refractivity contribution in [1.29, 1.82) is 5.26 Å². The highest BCUT2D eigenvalue weighted by molar-refractivity contribution is 8.00. The van der Waals surface area contributed by atoms with Crippen molar-refractivity contribution in [2.45, 2.75) is 13.8 Å². The van der Waals surface area contributed by atoms with Gasteiger partial charge in [0.2, 0.25) is 0 Å². The summed E-state index contributed by atoms with van der Waals surface area (Å²) in [6.07, 6.45) is 0. The van der Waals surface area contributed by atoms with Gasteiger partial charge in [0.05, 0.1) is 25.0 Å². The van der Waals surface area contributed by atoms with Crippen molar-refractivity contribution in [2.75, 3.05) is 24.7 Å². The molecule has 86 valence electrons. The lowest BCUT2D eigenvalue weighted by Crippen LogP contribution is -2.00. The molecule has 0 fully saturated rings. The molecule has 0 rings (SSSR count). The van der Waals surface area contributed by atoms with Crippen molar-refractivity contribution in [2.24, 2.45) is 0 Å². The summed E-state index contributed by atoms with van der Waals surface area (Å²) in [5.74, 6) is 0.766. The van der Waals surface area contributed by atoms with Crippen molar-refractivity contribution in [1.82, 2.24) is 0 Å². The maximum atomic E-state index is 12.1. The highest BCUT2D eigenvalue weighted by Gasteiger charge is 2.27. The minimum atomic E-state index is -3.18. The molecule has 0 aromatic carbocycles. The minimum Gasteiger partial charge on any atom is -0.306 e. The highest BCUT2D eigenvalue weighted by atomic mass is 32.2. The van der Waals surface area contributed by atoms with Crippen LogP contribution >= 0.6 is 19.4 Å². The normalized spacial score (nSPS) is 11.0. The van der Waals surface area contributed by atoms with Crippen LogP contribution in [0.1, 0.15) is 13.8 Å². The molecule has 6 heteroatoms. The first-order chi connectivity index (χ1) is 7.10. The van der Waals surface area contributed by atoms with E-state index in [9.17, 15) is 4.57 Å². The van der Waals surface area contributed by atoms with Crippen LogP contribution in [0.4, 0.5) is 0 Å². The first kappa shape index (κ1) is 14.7. The molecule has 0 saturated heterocycles. The Morgan fingerprint density at radius 1 is 1.47 bits per heavy atom. The van der Waals surface area contributed by atoms with Crippen LogP contribution in [-0.4, -0.2) is 24.7 Å². The molecule has 0 bridgehead atoms. The van der Waals surface area contributed by atoms with E-state index in [1.165, 1.54) is 11.8 Å². The van der Waals surface area contributed by atoms with Gasteiger partial charge in [-0.15, -0.1) is 11.8 Å². The Kier molecular flexibility index (Phi) is 7.81. The van der Waals surface area contributed by atoms with E-state index in [2.05, 4.69) is 6.58 Å². The van der Waals surface area contributed by atoms with Crippen molar-refractivity contribution in [3.05, 3.63) is 11.9 Å². The highest BCUT2D eigenvalue weighted by Crippen LogP contribution is 2.55. The Morgan fingerprint density at radius 2 is 2.00 bits per heavy atom. The lowest BCUT2D eigenvalue weighted by Gasteiger charge is -2.18. The Balaban J connectivity index is 4.30. The summed E-state index contributed by atoms with van der Waals surface area (Å²) in [6, 6.07) is 1.99. The van der Waals surface area contributed by atoms with E-state index in [0.717, 1.165) is 0 Å². The first-order valence-corrected chi connectivity index (χ1v) is 7.32. The average molecular weight is 249 g/mol. The van der Waals surface area contributed by atoms with Crippen molar-refractivity contribution >= 4 is 19.4 Å². The van der Waals surface area contributed by atoms with Gasteiger partial charge in [-0.05, 0) is 13.8 Å². The van der Waals surface area contributed by atoms with Gasteiger partial charge in [0.15, 0.2) is 0 Å². The number of nitrogens with zero attached hydrogens (tertiary/aromatic N) is 1. The van der Waals surface area contributed by atoms with E-state index in [0.29, 0.717) is 30.0 Å². The summed E-state index contributed by atoms with van der Waals surface area (Å²) in [7, 11) is -3.18. The number of hydrogen-bond acceptors (Lipinski definition) is 5. The summed E-state index contributed by atoms with van der Waals surface area (Å²) < 4.78 is 22.3. The van der Waals surface area contributed by atoms with Gasteiger partial charge in [-0.1, -0.05) is 6.58 Å². The second kappa shape index (κ2) is 7.95. The van der Waals surface area contributed by atoms with Crippen LogP contribution in [0.15, 0.2) is 11.9 Å². The maximum Gasteiger partial charge on any atom is 0.357 e. The van der Waals surface area contributed by atoms with Gasteiger partial charge in [-0.25, -0.2) is 0 Å². The first-order valence-electron chi connectivity index (χ1n) is 4.62. The summed E-state index contributed by atoms with van der Waals surface area (Å²) in [5.41, 5.74) is 0. The molecule has 0 aromatic rings. The molecule has 0 unspecified atom stereocenters. The van der Waals surface area contributed by atoms with Crippen LogP contribution in [0.5, 0.6) is 0 Å². The quantitative estimate of drug-likeness (QED) is 0.489. The van der Waals surface area contributed by atoms with Gasteiger partial charge in [0, 0.05) is 11.1 Å². The molecule has 0 amide bonds. The summed E-state index contributed by atoms with van der Waals surface area (Å²) in [4.78, 5) is 0. The van der Waals surface area contributed by atoms with Gasteiger partial charge < -0.3 is 9.05 Å². The fourth-order valence-corrected chi connectivity index (χ4v) is 3.31. The Bertz CT molecular complexity index is 278. The molecular formula is C9H16NO3PS. The smallest absolute Gasteiger partial charge is 0.306 e. The molecule has 0 aliphatic heterocycles. The molecule has 0 spiro atoms. The lowest BCUT2D eigenvalue weighted by molar-refractivity contribution is 0.226. The van der Waals surface area contributed by atoms with Gasteiger partial charge in [-0.2, -0.15) is 5.26 Å². The zero-order chi connectivity index (χ0) is 11.7. The molecule has 0 atom stereocenters. The van der Waals surface area contributed by atoms with Gasteiger partial charge in [0.25, 0.3) is 0 Å². The van der Waals surface area contributed by atoms with E-state index >= 15 is 0 Å². The Morgan fingerprint density at radius 3 is 2.40 bits per heavy atom. The van der Waals surface area contributed by atoms with Gasteiger partial charge in [0.1, 0.15) is 0 Å². The number of thioether (sulfide) groups is 1.